The highest BCUT2D eigenvalue weighted by Crippen LogP contribution is 2.19. The minimum Gasteiger partial charge on any atom is -0.264 e. The number of nitrogens with zero attached hydrogens (tertiary/aromatic N) is 2. The molecule has 0 fully saturated rings. The minimum absolute atomic E-state index is 0.505. The van der Waals surface area contributed by atoms with Crippen LogP contribution in [0.15, 0.2) is 23.4 Å². The summed E-state index contributed by atoms with van der Waals surface area (Å²) in [5.41, 5.74) is 1.13. The van der Waals surface area contributed by atoms with Gasteiger partial charge in [-0.3, -0.25) is 4.98 Å². The number of thioether (sulfide) groups is 1. The molecule has 0 amide bonds. The first-order chi connectivity index (χ1) is 5.34. The molecule has 11 heavy (non-hydrogen) atoms. The third-order valence-electron chi connectivity index (χ3n) is 1.26. The second kappa shape index (κ2) is 3.99. The van der Waals surface area contributed by atoms with Crippen LogP contribution < -0.4 is 0 Å². The van der Waals surface area contributed by atoms with E-state index >= 15 is 0 Å². The molecule has 0 aliphatic rings. The van der Waals surface area contributed by atoms with E-state index in [1.54, 1.807) is 24.2 Å². The van der Waals surface area contributed by atoms with Gasteiger partial charge in [-0.2, -0.15) is 5.26 Å². The molecule has 0 unspecified atom stereocenters. The van der Waals surface area contributed by atoms with Crippen molar-refractivity contribution in [2.24, 2.45) is 0 Å². The zero-order chi connectivity index (χ0) is 8.10. The van der Waals surface area contributed by atoms with Crippen molar-refractivity contribution in [3.63, 3.8) is 0 Å². The van der Waals surface area contributed by atoms with Crippen LogP contribution in [0.1, 0.15) is 5.56 Å². The lowest BCUT2D eigenvalue weighted by Crippen LogP contribution is -1.81. The normalized spacial score (nSPS) is 9.09. The Labute approximate surface area is 70.3 Å². The van der Waals surface area contributed by atoms with Crippen LogP contribution in [0.25, 0.3) is 0 Å². The smallest absolute Gasteiger partial charge is 0.0855 e. The van der Waals surface area contributed by atoms with Gasteiger partial charge in [-0.25, -0.2) is 0 Å². The number of nitriles is 1. The molecule has 1 rings (SSSR count). The van der Waals surface area contributed by atoms with Gasteiger partial charge in [0.15, 0.2) is 0 Å². The quantitative estimate of drug-likeness (QED) is 0.627. The van der Waals surface area contributed by atoms with Gasteiger partial charge in [0, 0.05) is 17.3 Å². The van der Waals surface area contributed by atoms with Crippen LogP contribution in [0.2, 0.25) is 0 Å². The summed E-state index contributed by atoms with van der Waals surface area (Å²) < 4.78 is 0. The molecule has 0 aliphatic heterocycles. The fourth-order valence-electron chi connectivity index (χ4n) is 0.733. The number of pyridine rings is 1. The van der Waals surface area contributed by atoms with E-state index in [4.69, 9.17) is 5.26 Å². The lowest BCUT2D eigenvalue weighted by molar-refractivity contribution is 1.18. The topological polar surface area (TPSA) is 36.7 Å². The first kappa shape index (κ1) is 8.09. The summed E-state index contributed by atoms with van der Waals surface area (Å²) in [7, 11) is 0. The van der Waals surface area contributed by atoms with E-state index in [-0.39, 0.29) is 0 Å². The van der Waals surface area contributed by atoms with Crippen LogP contribution in [-0.4, -0.2) is 10.7 Å². The summed E-state index contributed by atoms with van der Waals surface area (Å²) in [6.07, 6.45) is 3.55. The van der Waals surface area contributed by atoms with E-state index in [1.165, 1.54) is 0 Å². The highest BCUT2D eigenvalue weighted by molar-refractivity contribution is 7.99. The van der Waals surface area contributed by atoms with E-state index < -0.39 is 0 Å². The molecular formula is C8H8N2S. The van der Waals surface area contributed by atoms with Crippen molar-refractivity contribution in [3.8, 4) is 6.07 Å². The van der Waals surface area contributed by atoms with Crippen LogP contribution in [0.5, 0.6) is 0 Å². The molecule has 1 aromatic rings. The average Bonchev–Trinajstić information content (AvgIpc) is 2.03. The maximum absolute atomic E-state index is 8.33. The number of hydrogen-bond donors (Lipinski definition) is 0. The molecule has 3 heteroatoms. The lowest BCUT2D eigenvalue weighted by Gasteiger charge is -1.99. The summed E-state index contributed by atoms with van der Waals surface area (Å²) in [6.45, 7) is 1.99. The SMILES string of the molecule is Cc1cnccc1SCC#N. The molecular weight excluding hydrogens is 156 g/mol. The molecule has 56 valence electrons. The van der Waals surface area contributed by atoms with E-state index in [0.29, 0.717) is 5.75 Å². The summed E-state index contributed by atoms with van der Waals surface area (Å²) in [4.78, 5) is 5.10. The van der Waals surface area contributed by atoms with Crippen molar-refractivity contribution >= 4 is 11.8 Å². The van der Waals surface area contributed by atoms with E-state index in [2.05, 4.69) is 11.1 Å². The van der Waals surface area contributed by atoms with Crippen molar-refractivity contribution in [1.29, 1.82) is 5.26 Å². The third-order valence-corrected chi connectivity index (χ3v) is 2.30. The van der Waals surface area contributed by atoms with Crippen molar-refractivity contribution in [2.75, 3.05) is 5.75 Å². The van der Waals surface area contributed by atoms with Gasteiger partial charge in [0.05, 0.1) is 11.8 Å². The van der Waals surface area contributed by atoms with Crippen molar-refractivity contribution in [2.45, 2.75) is 11.8 Å². The zero-order valence-electron chi connectivity index (χ0n) is 6.24. The molecule has 1 aromatic heterocycles. The van der Waals surface area contributed by atoms with Crippen molar-refractivity contribution in [3.05, 3.63) is 24.0 Å². The Morgan fingerprint density at radius 1 is 1.73 bits per heavy atom. The molecule has 2 nitrogen and oxygen atoms in total. The highest BCUT2D eigenvalue weighted by atomic mass is 32.2. The van der Waals surface area contributed by atoms with Gasteiger partial charge in [-0.1, -0.05) is 0 Å². The Balaban J connectivity index is 2.71. The molecule has 0 saturated heterocycles. The molecule has 0 atom stereocenters. The second-order valence-corrected chi connectivity index (χ2v) is 3.11. The molecule has 1 heterocycles. The van der Waals surface area contributed by atoms with Gasteiger partial charge in [-0.15, -0.1) is 11.8 Å². The number of aryl methyl sites for hydroxylation is 1. The maximum atomic E-state index is 8.33. The zero-order valence-corrected chi connectivity index (χ0v) is 7.06. The average molecular weight is 164 g/mol. The van der Waals surface area contributed by atoms with Gasteiger partial charge in [0.1, 0.15) is 0 Å². The standard InChI is InChI=1S/C8H8N2S/c1-7-6-10-4-2-8(7)11-5-3-9/h2,4,6H,5H2,1H3. The first-order valence-electron chi connectivity index (χ1n) is 3.25. The van der Waals surface area contributed by atoms with Crippen LogP contribution >= 0.6 is 11.8 Å². The Bertz CT molecular complexity index is 278. The molecule has 0 aromatic carbocycles. The van der Waals surface area contributed by atoms with Crippen LogP contribution in [0, 0.1) is 18.3 Å². The predicted octanol–water partition coefficient (Wildman–Crippen LogP) is 2.01. The van der Waals surface area contributed by atoms with Gasteiger partial charge in [0.25, 0.3) is 0 Å². The van der Waals surface area contributed by atoms with E-state index in [0.717, 1.165) is 10.5 Å². The first-order valence-corrected chi connectivity index (χ1v) is 4.23. The fraction of sp³-hybridized carbons (Fsp3) is 0.250. The summed E-state index contributed by atoms with van der Waals surface area (Å²) >= 11 is 1.55. The van der Waals surface area contributed by atoms with Crippen LogP contribution in [-0.2, 0) is 0 Å². The third kappa shape index (κ3) is 2.24. The fourth-order valence-corrected chi connectivity index (χ4v) is 1.39. The van der Waals surface area contributed by atoms with Crippen molar-refractivity contribution in [1.82, 2.24) is 4.98 Å². The molecule has 0 N–H and O–H groups in total. The maximum Gasteiger partial charge on any atom is 0.0855 e. The van der Waals surface area contributed by atoms with Gasteiger partial charge in [0.2, 0.25) is 0 Å². The van der Waals surface area contributed by atoms with Gasteiger partial charge < -0.3 is 0 Å². The molecule has 0 saturated carbocycles. The minimum atomic E-state index is 0.505. The van der Waals surface area contributed by atoms with Gasteiger partial charge in [-0.05, 0) is 18.6 Å². The van der Waals surface area contributed by atoms with Crippen LogP contribution in [0.3, 0.4) is 0 Å². The Morgan fingerprint density at radius 2 is 2.55 bits per heavy atom. The lowest BCUT2D eigenvalue weighted by atomic mass is 10.3. The Hall–Kier alpha value is -1.01. The van der Waals surface area contributed by atoms with E-state index in [1.807, 2.05) is 13.0 Å². The van der Waals surface area contributed by atoms with Crippen LogP contribution in [0.4, 0.5) is 0 Å². The second-order valence-electron chi connectivity index (χ2n) is 2.09. The molecule has 0 aliphatic carbocycles. The predicted molar refractivity (Wildman–Crippen MR) is 45.3 cm³/mol. The summed E-state index contributed by atoms with van der Waals surface area (Å²) in [5.74, 6) is 0.505. The largest absolute Gasteiger partial charge is 0.264 e. The molecule has 0 bridgehead atoms. The molecule has 0 spiro atoms. The molecule has 0 radical (unpaired) electrons. The summed E-state index contributed by atoms with van der Waals surface area (Å²) in [6, 6.07) is 4.01. The van der Waals surface area contributed by atoms with Gasteiger partial charge >= 0.3 is 0 Å². The highest BCUT2D eigenvalue weighted by Gasteiger charge is 1.95. The van der Waals surface area contributed by atoms with Crippen molar-refractivity contribution < 1.29 is 0 Å². The number of hydrogen-bond acceptors (Lipinski definition) is 3. The number of aromatic nitrogens is 1. The Kier molecular flexibility index (Phi) is 2.94. The number of rotatable bonds is 2. The monoisotopic (exact) mass is 164 g/mol. The van der Waals surface area contributed by atoms with E-state index in [9.17, 15) is 0 Å². The Morgan fingerprint density at radius 3 is 3.18 bits per heavy atom. The summed E-state index contributed by atoms with van der Waals surface area (Å²) in [5, 5.41) is 8.33.